The molecule has 5 rings (SSSR count). The van der Waals surface area contributed by atoms with Gasteiger partial charge in [0.1, 0.15) is 11.6 Å². The quantitative estimate of drug-likeness (QED) is 0.699. The maximum atomic E-state index is 13.5. The lowest BCUT2D eigenvalue weighted by molar-refractivity contribution is -0.166. The van der Waals surface area contributed by atoms with Gasteiger partial charge in [0.15, 0.2) is 0 Å². The van der Waals surface area contributed by atoms with E-state index >= 15 is 0 Å². The molecule has 2 aromatic carbocycles. The van der Waals surface area contributed by atoms with Crippen molar-refractivity contribution in [2.75, 3.05) is 32.7 Å². The second-order valence-electron chi connectivity index (χ2n) is 10.5. The van der Waals surface area contributed by atoms with Gasteiger partial charge in [-0.3, -0.25) is 14.5 Å². The van der Waals surface area contributed by atoms with Crippen LogP contribution < -0.4 is 5.32 Å². The highest BCUT2D eigenvalue weighted by molar-refractivity contribution is 6.00. The van der Waals surface area contributed by atoms with Crippen molar-refractivity contribution in [3.05, 3.63) is 71.8 Å². The van der Waals surface area contributed by atoms with Gasteiger partial charge in [-0.2, -0.15) is 0 Å². The topological polar surface area (TPSA) is 55.9 Å². The molecule has 1 spiro atoms. The maximum Gasteiger partial charge on any atom is 0.246 e. The number of nitrogens with one attached hydrogen (secondary N) is 1. The van der Waals surface area contributed by atoms with Crippen LogP contribution in [0.2, 0.25) is 0 Å². The molecule has 186 valence electrons. The average molecular weight is 475 g/mol. The molecule has 3 aliphatic rings. The van der Waals surface area contributed by atoms with Gasteiger partial charge in [0.2, 0.25) is 11.8 Å². The van der Waals surface area contributed by atoms with Crippen LogP contribution in [0, 0.1) is 0 Å². The Labute approximate surface area is 209 Å². The van der Waals surface area contributed by atoms with Gasteiger partial charge in [0.25, 0.3) is 0 Å². The van der Waals surface area contributed by atoms with E-state index < -0.39 is 11.6 Å². The van der Waals surface area contributed by atoms with E-state index in [9.17, 15) is 9.59 Å². The Bertz CT molecular complexity index is 996. The Morgan fingerprint density at radius 1 is 0.829 bits per heavy atom. The maximum absolute atomic E-state index is 13.5. The highest BCUT2D eigenvalue weighted by Gasteiger charge is 2.55. The van der Waals surface area contributed by atoms with Gasteiger partial charge < -0.3 is 15.1 Å². The fourth-order valence-corrected chi connectivity index (χ4v) is 6.17. The summed E-state index contributed by atoms with van der Waals surface area (Å²) in [6, 6.07) is 20.8. The molecule has 1 N–H and O–H groups in total. The molecule has 3 saturated heterocycles. The monoisotopic (exact) mass is 474 g/mol. The standard InChI is InChI=1S/C29H38N4O2/c1-23-27(34)33(26-13-18-32(19-14-26)22-25-10-6-3-7-11-25)29(28(35)30-23)15-20-31(21-16-29)17-12-24-8-4-2-5-9-24/h2-11,23,26H,12-22H2,1H3,(H,30,35). The van der Waals surface area contributed by atoms with Gasteiger partial charge >= 0.3 is 0 Å². The molecule has 3 fully saturated rings. The zero-order chi connectivity index (χ0) is 24.3. The summed E-state index contributed by atoms with van der Waals surface area (Å²) >= 11 is 0. The van der Waals surface area contributed by atoms with E-state index in [0.717, 1.165) is 71.4 Å². The number of amides is 2. The number of carbonyl (C=O) groups excluding carboxylic acids is 2. The molecule has 0 radical (unpaired) electrons. The molecule has 35 heavy (non-hydrogen) atoms. The zero-order valence-corrected chi connectivity index (χ0v) is 20.9. The molecule has 2 aromatic rings. The first-order valence-electron chi connectivity index (χ1n) is 13.2. The number of rotatable bonds is 6. The van der Waals surface area contributed by atoms with Crippen molar-refractivity contribution in [1.29, 1.82) is 0 Å². The van der Waals surface area contributed by atoms with Crippen molar-refractivity contribution in [3.8, 4) is 0 Å². The Kier molecular flexibility index (Phi) is 7.21. The molecule has 0 bridgehead atoms. The molecule has 3 aliphatic heterocycles. The van der Waals surface area contributed by atoms with Crippen molar-refractivity contribution in [2.24, 2.45) is 0 Å². The van der Waals surface area contributed by atoms with E-state index in [0.29, 0.717) is 0 Å². The first kappa shape index (κ1) is 24.0. The molecule has 0 saturated carbocycles. The minimum atomic E-state index is -0.695. The van der Waals surface area contributed by atoms with Gasteiger partial charge in [-0.25, -0.2) is 0 Å². The fraction of sp³-hybridized carbons (Fsp3) is 0.517. The highest BCUT2D eigenvalue weighted by Crippen LogP contribution is 2.37. The minimum absolute atomic E-state index is 0.0547. The number of hydrogen-bond acceptors (Lipinski definition) is 4. The largest absolute Gasteiger partial charge is 0.343 e. The summed E-state index contributed by atoms with van der Waals surface area (Å²) in [4.78, 5) is 33.9. The summed E-state index contributed by atoms with van der Waals surface area (Å²) in [5.74, 6) is 0.155. The number of carbonyl (C=O) groups is 2. The summed E-state index contributed by atoms with van der Waals surface area (Å²) in [6.07, 6.45) is 4.31. The van der Waals surface area contributed by atoms with Gasteiger partial charge in [-0.15, -0.1) is 0 Å². The van der Waals surface area contributed by atoms with Crippen LogP contribution in [0.3, 0.4) is 0 Å². The minimum Gasteiger partial charge on any atom is -0.343 e. The van der Waals surface area contributed by atoms with Crippen molar-refractivity contribution in [3.63, 3.8) is 0 Å². The number of likely N-dealkylation sites (tertiary alicyclic amines) is 2. The molecule has 6 heteroatoms. The smallest absolute Gasteiger partial charge is 0.246 e. The Morgan fingerprint density at radius 3 is 2.06 bits per heavy atom. The van der Waals surface area contributed by atoms with Crippen LogP contribution >= 0.6 is 0 Å². The highest BCUT2D eigenvalue weighted by atomic mass is 16.2. The third kappa shape index (κ3) is 5.14. The Balaban J connectivity index is 1.23. The second-order valence-corrected chi connectivity index (χ2v) is 10.5. The lowest BCUT2D eigenvalue weighted by Gasteiger charge is -2.55. The Hall–Kier alpha value is -2.70. The molecule has 1 unspecified atom stereocenters. The predicted octanol–water partition coefficient (Wildman–Crippen LogP) is 3.08. The van der Waals surface area contributed by atoms with Crippen LogP contribution in [0.15, 0.2) is 60.7 Å². The van der Waals surface area contributed by atoms with E-state index in [-0.39, 0.29) is 17.9 Å². The normalized spacial score (nSPS) is 24.0. The SMILES string of the molecule is CC1NC(=O)C2(CCN(CCc3ccccc3)CC2)N(C2CCN(Cc3ccccc3)CC2)C1=O. The average Bonchev–Trinajstić information content (AvgIpc) is 2.89. The van der Waals surface area contributed by atoms with Gasteiger partial charge in [-0.05, 0) is 50.2 Å². The summed E-state index contributed by atoms with van der Waals surface area (Å²) in [5.41, 5.74) is 1.97. The van der Waals surface area contributed by atoms with E-state index in [1.54, 1.807) is 0 Å². The van der Waals surface area contributed by atoms with E-state index in [1.165, 1.54) is 11.1 Å². The lowest BCUT2D eigenvalue weighted by atomic mass is 9.79. The molecule has 3 heterocycles. The van der Waals surface area contributed by atoms with Crippen molar-refractivity contribution >= 4 is 11.8 Å². The predicted molar refractivity (Wildman–Crippen MR) is 138 cm³/mol. The summed E-state index contributed by atoms with van der Waals surface area (Å²) in [6.45, 7) is 7.39. The van der Waals surface area contributed by atoms with Crippen LogP contribution in [0.1, 0.15) is 43.7 Å². The summed E-state index contributed by atoms with van der Waals surface area (Å²) < 4.78 is 0. The molecular weight excluding hydrogens is 436 g/mol. The van der Waals surface area contributed by atoms with Crippen LogP contribution in [0.5, 0.6) is 0 Å². The number of piperidine rings is 2. The van der Waals surface area contributed by atoms with Crippen LogP contribution in [0.25, 0.3) is 0 Å². The van der Waals surface area contributed by atoms with E-state index in [4.69, 9.17) is 0 Å². The van der Waals surface area contributed by atoms with E-state index in [2.05, 4.69) is 75.8 Å². The van der Waals surface area contributed by atoms with Crippen LogP contribution in [-0.2, 0) is 22.6 Å². The second kappa shape index (κ2) is 10.5. The van der Waals surface area contributed by atoms with E-state index in [1.807, 2.05) is 11.8 Å². The van der Waals surface area contributed by atoms with Gasteiger partial charge in [-0.1, -0.05) is 60.7 Å². The fourth-order valence-electron chi connectivity index (χ4n) is 6.17. The summed E-state index contributed by atoms with van der Waals surface area (Å²) in [7, 11) is 0. The number of hydrogen-bond donors (Lipinski definition) is 1. The molecule has 1 atom stereocenters. The third-order valence-electron chi connectivity index (χ3n) is 8.25. The molecule has 0 aromatic heterocycles. The first-order chi connectivity index (χ1) is 17.0. The molecule has 2 amide bonds. The third-order valence-corrected chi connectivity index (χ3v) is 8.25. The molecule has 0 aliphatic carbocycles. The van der Waals surface area contributed by atoms with Gasteiger partial charge in [0, 0.05) is 45.3 Å². The van der Waals surface area contributed by atoms with Crippen molar-refractivity contribution in [1.82, 2.24) is 20.0 Å². The number of benzene rings is 2. The molecule has 6 nitrogen and oxygen atoms in total. The number of piperazine rings is 1. The van der Waals surface area contributed by atoms with Crippen molar-refractivity contribution in [2.45, 2.75) is 63.2 Å². The van der Waals surface area contributed by atoms with Gasteiger partial charge in [0.05, 0.1) is 0 Å². The zero-order valence-electron chi connectivity index (χ0n) is 20.9. The van der Waals surface area contributed by atoms with Crippen LogP contribution in [0.4, 0.5) is 0 Å². The van der Waals surface area contributed by atoms with Crippen molar-refractivity contribution < 1.29 is 9.59 Å². The lowest BCUT2D eigenvalue weighted by Crippen LogP contribution is -2.74. The van der Waals surface area contributed by atoms with Crippen LogP contribution in [-0.4, -0.2) is 76.9 Å². The first-order valence-corrected chi connectivity index (χ1v) is 13.2. The summed E-state index contributed by atoms with van der Waals surface area (Å²) in [5, 5.41) is 3.01. The Morgan fingerprint density at radius 2 is 1.43 bits per heavy atom. The molecular formula is C29H38N4O2. The number of nitrogens with zero attached hydrogens (tertiary/aromatic N) is 3.